The number of hydrogen-bond acceptors (Lipinski definition) is 2. The molecule has 64 valence electrons. The highest BCUT2D eigenvalue weighted by Crippen LogP contribution is 2.05. The van der Waals surface area contributed by atoms with Crippen LogP contribution in [0.4, 0.5) is 0 Å². The minimum atomic E-state index is -0.0698. The number of rotatable bonds is 2. The third kappa shape index (κ3) is 2.28. The van der Waals surface area contributed by atoms with E-state index in [-0.39, 0.29) is 5.78 Å². The van der Waals surface area contributed by atoms with Crippen LogP contribution in [0.5, 0.6) is 0 Å². The molecule has 0 amide bonds. The van der Waals surface area contributed by atoms with Crippen LogP contribution in [0, 0.1) is 11.3 Å². The van der Waals surface area contributed by atoms with Crippen molar-refractivity contribution in [3.8, 4) is 6.07 Å². The van der Waals surface area contributed by atoms with E-state index in [4.69, 9.17) is 5.26 Å². The zero-order valence-electron chi connectivity index (χ0n) is 7.32. The van der Waals surface area contributed by atoms with Crippen LogP contribution in [0.15, 0.2) is 36.4 Å². The lowest BCUT2D eigenvalue weighted by Crippen LogP contribution is -1.93. The maximum Gasteiger partial charge on any atom is 0.185 e. The lowest BCUT2D eigenvalue weighted by molar-refractivity contribution is 0.104. The average molecular weight is 171 g/mol. The third-order valence-electron chi connectivity index (χ3n) is 1.59. The van der Waals surface area contributed by atoms with Crippen LogP contribution < -0.4 is 0 Å². The molecular formula is C11H9NO. The van der Waals surface area contributed by atoms with E-state index < -0.39 is 0 Å². The predicted octanol–water partition coefficient (Wildman–Crippen LogP) is 2.32. The zero-order valence-corrected chi connectivity index (χ0v) is 7.32. The van der Waals surface area contributed by atoms with Crippen LogP contribution in [0.25, 0.3) is 0 Å². The quantitative estimate of drug-likeness (QED) is 0.506. The van der Waals surface area contributed by atoms with Crippen molar-refractivity contribution < 1.29 is 4.79 Å². The van der Waals surface area contributed by atoms with Gasteiger partial charge in [0, 0.05) is 5.56 Å². The first-order valence-electron chi connectivity index (χ1n) is 3.95. The molecular weight excluding hydrogens is 162 g/mol. The van der Waals surface area contributed by atoms with Crippen molar-refractivity contribution in [3.05, 3.63) is 47.5 Å². The molecule has 13 heavy (non-hydrogen) atoms. The van der Waals surface area contributed by atoms with Crippen LogP contribution >= 0.6 is 0 Å². The molecule has 0 aromatic heterocycles. The smallest absolute Gasteiger partial charge is 0.185 e. The summed E-state index contributed by atoms with van der Waals surface area (Å²) in [7, 11) is 0. The molecule has 0 atom stereocenters. The topological polar surface area (TPSA) is 40.9 Å². The minimum absolute atomic E-state index is 0.0698. The Bertz CT molecular complexity index is 385. The number of benzene rings is 1. The van der Waals surface area contributed by atoms with Gasteiger partial charge in [-0.2, -0.15) is 5.26 Å². The summed E-state index contributed by atoms with van der Waals surface area (Å²) in [5.74, 6) is -0.0698. The molecule has 1 aromatic rings. The molecule has 0 N–H and O–H groups in total. The third-order valence-corrected chi connectivity index (χ3v) is 1.59. The molecule has 0 saturated carbocycles. The SMILES string of the molecule is CC=CC(=O)c1cccc(C#N)c1. The average Bonchev–Trinajstić information content (AvgIpc) is 2.18. The van der Waals surface area contributed by atoms with E-state index in [1.807, 2.05) is 6.07 Å². The number of carbonyl (C=O) groups excluding carboxylic acids is 1. The van der Waals surface area contributed by atoms with Crippen molar-refractivity contribution in [3.63, 3.8) is 0 Å². The van der Waals surface area contributed by atoms with Gasteiger partial charge in [-0.3, -0.25) is 4.79 Å². The summed E-state index contributed by atoms with van der Waals surface area (Å²) in [5, 5.41) is 8.59. The molecule has 0 radical (unpaired) electrons. The number of hydrogen-bond donors (Lipinski definition) is 0. The molecule has 1 aromatic carbocycles. The zero-order chi connectivity index (χ0) is 9.68. The summed E-state index contributed by atoms with van der Waals surface area (Å²) in [6.45, 7) is 1.78. The van der Waals surface area contributed by atoms with Crippen LogP contribution in [-0.2, 0) is 0 Å². The van der Waals surface area contributed by atoms with E-state index in [0.717, 1.165) is 0 Å². The monoisotopic (exact) mass is 171 g/mol. The van der Waals surface area contributed by atoms with E-state index in [0.29, 0.717) is 11.1 Å². The molecule has 1 rings (SSSR count). The van der Waals surface area contributed by atoms with Crippen molar-refractivity contribution in [1.82, 2.24) is 0 Å². The molecule has 0 aliphatic carbocycles. The van der Waals surface area contributed by atoms with Gasteiger partial charge in [0.1, 0.15) is 0 Å². The van der Waals surface area contributed by atoms with E-state index in [9.17, 15) is 4.79 Å². The minimum Gasteiger partial charge on any atom is -0.289 e. The predicted molar refractivity (Wildman–Crippen MR) is 50.3 cm³/mol. The first kappa shape index (κ1) is 9.21. The maximum absolute atomic E-state index is 11.3. The Balaban J connectivity index is 3.03. The highest BCUT2D eigenvalue weighted by atomic mass is 16.1. The lowest BCUT2D eigenvalue weighted by atomic mass is 10.1. The van der Waals surface area contributed by atoms with Crippen LogP contribution in [0.1, 0.15) is 22.8 Å². The standard InChI is InChI=1S/C11H9NO/c1-2-4-11(13)10-6-3-5-9(7-10)8-12/h2-7H,1H3. The highest BCUT2D eigenvalue weighted by Gasteiger charge is 2.00. The van der Waals surface area contributed by atoms with Gasteiger partial charge >= 0.3 is 0 Å². The lowest BCUT2D eigenvalue weighted by Gasteiger charge is -1.94. The van der Waals surface area contributed by atoms with Gasteiger partial charge in [-0.15, -0.1) is 0 Å². The highest BCUT2D eigenvalue weighted by molar-refractivity contribution is 6.04. The number of allylic oxidation sites excluding steroid dienone is 2. The van der Waals surface area contributed by atoms with Crippen LogP contribution in [0.3, 0.4) is 0 Å². The van der Waals surface area contributed by atoms with Crippen molar-refractivity contribution in [1.29, 1.82) is 5.26 Å². The Hall–Kier alpha value is -1.88. The maximum atomic E-state index is 11.3. The van der Waals surface area contributed by atoms with Gasteiger partial charge < -0.3 is 0 Å². The van der Waals surface area contributed by atoms with Crippen LogP contribution in [0.2, 0.25) is 0 Å². The van der Waals surface area contributed by atoms with Crippen molar-refractivity contribution in [2.45, 2.75) is 6.92 Å². The molecule has 0 aliphatic heterocycles. The summed E-state index contributed by atoms with van der Waals surface area (Å²) in [6.07, 6.45) is 3.16. The van der Waals surface area contributed by atoms with E-state index in [2.05, 4.69) is 0 Å². The van der Waals surface area contributed by atoms with E-state index in [1.165, 1.54) is 6.08 Å². The normalized spacial score (nSPS) is 9.85. The largest absolute Gasteiger partial charge is 0.289 e. The Morgan fingerprint density at radius 1 is 1.54 bits per heavy atom. The first-order valence-corrected chi connectivity index (χ1v) is 3.95. The Kier molecular flexibility index (Phi) is 2.99. The fourth-order valence-electron chi connectivity index (χ4n) is 0.990. The molecule has 0 fully saturated rings. The summed E-state index contributed by atoms with van der Waals surface area (Å²) in [5.41, 5.74) is 1.06. The van der Waals surface area contributed by atoms with E-state index >= 15 is 0 Å². The second-order valence-corrected chi connectivity index (χ2v) is 2.56. The van der Waals surface area contributed by atoms with Crippen molar-refractivity contribution in [2.75, 3.05) is 0 Å². The number of nitriles is 1. The van der Waals surface area contributed by atoms with Gasteiger partial charge in [0.15, 0.2) is 5.78 Å². The summed E-state index contributed by atoms with van der Waals surface area (Å²) < 4.78 is 0. The molecule has 0 saturated heterocycles. The van der Waals surface area contributed by atoms with Gasteiger partial charge in [0.05, 0.1) is 11.6 Å². The fourth-order valence-corrected chi connectivity index (χ4v) is 0.990. The number of nitrogens with zero attached hydrogens (tertiary/aromatic N) is 1. The van der Waals surface area contributed by atoms with Gasteiger partial charge in [0.25, 0.3) is 0 Å². The Morgan fingerprint density at radius 2 is 2.31 bits per heavy atom. The summed E-state index contributed by atoms with van der Waals surface area (Å²) >= 11 is 0. The van der Waals surface area contributed by atoms with Gasteiger partial charge in [-0.05, 0) is 25.1 Å². The Labute approximate surface area is 77.1 Å². The number of ketones is 1. The molecule has 0 aliphatic rings. The van der Waals surface area contributed by atoms with Gasteiger partial charge in [-0.1, -0.05) is 18.2 Å². The van der Waals surface area contributed by atoms with Gasteiger partial charge in [-0.25, -0.2) is 0 Å². The second-order valence-electron chi connectivity index (χ2n) is 2.56. The van der Waals surface area contributed by atoms with E-state index in [1.54, 1.807) is 37.3 Å². The molecule has 0 spiro atoms. The molecule has 0 heterocycles. The van der Waals surface area contributed by atoms with Crippen LogP contribution in [-0.4, -0.2) is 5.78 Å². The molecule has 2 heteroatoms. The Morgan fingerprint density at radius 3 is 2.92 bits per heavy atom. The summed E-state index contributed by atoms with van der Waals surface area (Å²) in [4.78, 5) is 11.3. The second kappa shape index (κ2) is 4.22. The molecule has 0 unspecified atom stereocenters. The molecule has 0 bridgehead atoms. The summed E-state index contributed by atoms with van der Waals surface area (Å²) in [6, 6.07) is 8.65. The van der Waals surface area contributed by atoms with Gasteiger partial charge in [0.2, 0.25) is 0 Å². The first-order chi connectivity index (χ1) is 6.27. The molecule has 2 nitrogen and oxygen atoms in total. The van der Waals surface area contributed by atoms with Crippen molar-refractivity contribution >= 4 is 5.78 Å². The van der Waals surface area contributed by atoms with Crippen molar-refractivity contribution in [2.24, 2.45) is 0 Å². The number of carbonyl (C=O) groups is 1. The fraction of sp³-hybridized carbons (Fsp3) is 0.0909.